The Morgan fingerprint density at radius 2 is 2.38 bits per heavy atom. The molecule has 0 amide bonds. The molecule has 0 saturated carbocycles. The van der Waals surface area contributed by atoms with Crippen molar-refractivity contribution >= 4 is 11.9 Å². The Labute approximate surface area is 76.2 Å². The van der Waals surface area contributed by atoms with Gasteiger partial charge in [0.25, 0.3) is 0 Å². The van der Waals surface area contributed by atoms with Crippen LogP contribution in [0.15, 0.2) is 23.4 Å². The molecule has 0 fully saturated rings. The molecule has 0 bridgehead atoms. The molecule has 68 valence electrons. The van der Waals surface area contributed by atoms with Crippen molar-refractivity contribution in [2.24, 2.45) is 11.0 Å². The van der Waals surface area contributed by atoms with Gasteiger partial charge >= 0.3 is 0 Å². The summed E-state index contributed by atoms with van der Waals surface area (Å²) in [6.45, 7) is 0.856. The van der Waals surface area contributed by atoms with Crippen LogP contribution in [0.4, 0.5) is 5.69 Å². The highest BCUT2D eigenvalue weighted by Crippen LogP contribution is 2.25. The maximum Gasteiger partial charge on any atom is 0.0733 e. The first-order valence-electron chi connectivity index (χ1n) is 4.14. The zero-order chi connectivity index (χ0) is 9.26. The van der Waals surface area contributed by atoms with E-state index in [-0.39, 0.29) is 0 Å². The van der Waals surface area contributed by atoms with Crippen LogP contribution in [0.25, 0.3) is 0 Å². The van der Waals surface area contributed by atoms with Gasteiger partial charge in [-0.05, 0) is 29.7 Å². The summed E-state index contributed by atoms with van der Waals surface area (Å²) >= 11 is 0. The minimum absolute atomic E-state index is 0.856. The van der Waals surface area contributed by atoms with Crippen LogP contribution in [-0.2, 0) is 6.42 Å². The minimum Gasteiger partial charge on any atom is -0.411 e. The molecule has 1 aromatic carbocycles. The lowest BCUT2D eigenvalue weighted by atomic mass is 10.1. The Morgan fingerprint density at radius 3 is 3.15 bits per heavy atom. The third-order valence-electron chi connectivity index (χ3n) is 2.24. The predicted octanol–water partition coefficient (Wildman–Crippen LogP) is 0.731. The molecule has 0 atom stereocenters. The highest BCUT2D eigenvalue weighted by atomic mass is 16.4. The smallest absolute Gasteiger partial charge is 0.0733 e. The van der Waals surface area contributed by atoms with Crippen LogP contribution in [0.2, 0.25) is 0 Å². The number of anilines is 1. The van der Waals surface area contributed by atoms with Crippen molar-refractivity contribution in [2.75, 3.05) is 11.6 Å². The van der Waals surface area contributed by atoms with Crippen molar-refractivity contribution in [1.29, 1.82) is 0 Å². The first-order valence-corrected chi connectivity index (χ1v) is 4.14. The third-order valence-corrected chi connectivity index (χ3v) is 2.24. The SMILES string of the molecule is NN1CCc2cc(C=NO)ccc21. The molecule has 3 N–H and O–H groups in total. The van der Waals surface area contributed by atoms with Crippen molar-refractivity contribution < 1.29 is 5.21 Å². The van der Waals surface area contributed by atoms with Crippen LogP contribution in [0, 0.1) is 0 Å². The van der Waals surface area contributed by atoms with Gasteiger partial charge in [-0.2, -0.15) is 0 Å². The molecule has 0 aromatic heterocycles. The van der Waals surface area contributed by atoms with Crippen molar-refractivity contribution in [3.05, 3.63) is 29.3 Å². The lowest BCUT2D eigenvalue weighted by Gasteiger charge is -2.10. The summed E-state index contributed by atoms with van der Waals surface area (Å²) in [6, 6.07) is 5.81. The summed E-state index contributed by atoms with van der Waals surface area (Å²) in [4.78, 5) is 0. The lowest BCUT2D eigenvalue weighted by molar-refractivity contribution is 0.322. The van der Waals surface area contributed by atoms with Crippen LogP contribution < -0.4 is 10.9 Å². The molecule has 0 spiro atoms. The van der Waals surface area contributed by atoms with Gasteiger partial charge in [0.2, 0.25) is 0 Å². The standard InChI is InChI=1S/C9H11N3O/c10-12-4-3-8-5-7(6-11-13)1-2-9(8)12/h1-2,5-6,13H,3-4,10H2. The Kier molecular flexibility index (Phi) is 1.90. The Bertz CT molecular complexity index is 349. The normalized spacial score (nSPS) is 15.3. The summed E-state index contributed by atoms with van der Waals surface area (Å²) in [7, 11) is 0. The van der Waals surface area contributed by atoms with Crippen molar-refractivity contribution in [1.82, 2.24) is 0 Å². The van der Waals surface area contributed by atoms with E-state index in [0.29, 0.717) is 0 Å². The van der Waals surface area contributed by atoms with Crippen LogP contribution in [0.3, 0.4) is 0 Å². The van der Waals surface area contributed by atoms with E-state index < -0.39 is 0 Å². The number of benzene rings is 1. The zero-order valence-electron chi connectivity index (χ0n) is 7.14. The van der Waals surface area contributed by atoms with E-state index in [0.717, 1.165) is 24.2 Å². The topological polar surface area (TPSA) is 61.8 Å². The second-order valence-electron chi connectivity index (χ2n) is 3.08. The average molecular weight is 177 g/mol. The fourth-order valence-corrected chi connectivity index (χ4v) is 1.59. The molecule has 1 aromatic rings. The Hall–Kier alpha value is -1.55. The molecular formula is C9H11N3O. The first-order chi connectivity index (χ1) is 6.31. The highest BCUT2D eigenvalue weighted by Gasteiger charge is 2.15. The van der Waals surface area contributed by atoms with Crippen molar-refractivity contribution in [3.8, 4) is 0 Å². The fraction of sp³-hybridized carbons (Fsp3) is 0.222. The van der Waals surface area contributed by atoms with E-state index in [1.165, 1.54) is 11.8 Å². The number of fused-ring (bicyclic) bond motifs is 1. The van der Waals surface area contributed by atoms with Gasteiger partial charge in [0, 0.05) is 6.54 Å². The number of hydrogen-bond donors (Lipinski definition) is 2. The monoisotopic (exact) mass is 177 g/mol. The fourth-order valence-electron chi connectivity index (χ4n) is 1.59. The number of nitrogens with zero attached hydrogens (tertiary/aromatic N) is 2. The number of rotatable bonds is 1. The number of oxime groups is 1. The predicted molar refractivity (Wildman–Crippen MR) is 51.1 cm³/mol. The van der Waals surface area contributed by atoms with Crippen LogP contribution >= 0.6 is 0 Å². The molecule has 2 rings (SSSR count). The summed E-state index contributed by atoms with van der Waals surface area (Å²) in [5, 5.41) is 13.1. The van der Waals surface area contributed by atoms with E-state index in [4.69, 9.17) is 11.0 Å². The molecule has 1 heterocycles. The van der Waals surface area contributed by atoms with Gasteiger partial charge in [0.05, 0.1) is 11.9 Å². The second-order valence-corrected chi connectivity index (χ2v) is 3.08. The number of hydrogen-bond acceptors (Lipinski definition) is 4. The van der Waals surface area contributed by atoms with E-state index in [9.17, 15) is 0 Å². The lowest BCUT2D eigenvalue weighted by Crippen LogP contribution is -2.27. The zero-order valence-corrected chi connectivity index (χ0v) is 7.14. The second kappa shape index (κ2) is 3.06. The molecule has 0 saturated heterocycles. The molecule has 13 heavy (non-hydrogen) atoms. The maximum atomic E-state index is 8.35. The van der Waals surface area contributed by atoms with Gasteiger partial charge in [0.1, 0.15) is 0 Å². The number of nitrogens with two attached hydrogens (primary N) is 1. The molecule has 1 aliphatic heterocycles. The number of hydrazine groups is 1. The quantitative estimate of drug-likeness (QED) is 0.288. The van der Waals surface area contributed by atoms with E-state index in [2.05, 4.69) is 5.16 Å². The largest absolute Gasteiger partial charge is 0.411 e. The van der Waals surface area contributed by atoms with Crippen LogP contribution in [-0.4, -0.2) is 18.0 Å². The van der Waals surface area contributed by atoms with Gasteiger partial charge in [-0.1, -0.05) is 11.2 Å². The summed E-state index contributed by atoms with van der Waals surface area (Å²) < 4.78 is 0. The Balaban J connectivity index is 2.39. The van der Waals surface area contributed by atoms with E-state index >= 15 is 0 Å². The van der Waals surface area contributed by atoms with Crippen molar-refractivity contribution in [3.63, 3.8) is 0 Å². The van der Waals surface area contributed by atoms with Gasteiger partial charge in [-0.3, -0.25) is 0 Å². The van der Waals surface area contributed by atoms with Gasteiger partial charge in [0.15, 0.2) is 0 Å². The van der Waals surface area contributed by atoms with Crippen molar-refractivity contribution in [2.45, 2.75) is 6.42 Å². The van der Waals surface area contributed by atoms with E-state index in [1.807, 2.05) is 18.2 Å². The first kappa shape index (κ1) is 8.07. The van der Waals surface area contributed by atoms with Gasteiger partial charge in [-0.15, -0.1) is 0 Å². The minimum atomic E-state index is 0.856. The molecule has 0 radical (unpaired) electrons. The summed E-state index contributed by atoms with van der Waals surface area (Å²) in [5.41, 5.74) is 3.17. The Morgan fingerprint density at radius 1 is 1.54 bits per heavy atom. The highest BCUT2D eigenvalue weighted by molar-refractivity contribution is 5.81. The molecule has 4 nitrogen and oxygen atoms in total. The summed E-state index contributed by atoms with van der Waals surface area (Å²) in [6.07, 6.45) is 2.37. The maximum absolute atomic E-state index is 8.35. The van der Waals surface area contributed by atoms with Gasteiger partial charge < -0.3 is 10.2 Å². The average Bonchev–Trinajstić information content (AvgIpc) is 2.48. The van der Waals surface area contributed by atoms with Crippen LogP contribution in [0.5, 0.6) is 0 Å². The third kappa shape index (κ3) is 1.36. The molecule has 0 unspecified atom stereocenters. The van der Waals surface area contributed by atoms with E-state index in [1.54, 1.807) is 5.01 Å². The molecule has 4 heteroatoms. The molecule has 1 aliphatic rings. The summed E-state index contributed by atoms with van der Waals surface area (Å²) in [5.74, 6) is 5.72. The molecule has 0 aliphatic carbocycles. The van der Waals surface area contributed by atoms with Crippen LogP contribution in [0.1, 0.15) is 11.1 Å². The molecular weight excluding hydrogens is 166 g/mol. The van der Waals surface area contributed by atoms with Gasteiger partial charge in [-0.25, -0.2) is 5.84 Å².